The van der Waals surface area contributed by atoms with E-state index in [0.29, 0.717) is 13.1 Å². The number of carbonyl (C=O) groups is 1. The number of nitrogens with zero attached hydrogens (tertiary/aromatic N) is 1. The molecule has 1 aliphatic carbocycles. The number of sulfone groups is 1. The van der Waals surface area contributed by atoms with Crippen molar-refractivity contribution in [2.45, 2.75) is 25.3 Å². The Morgan fingerprint density at radius 1 is 1.22 bits per heavy atom. The zero-order valence-electron chi connectivity index (χ0n) is 13.1. The molecule has 1 heterocycles. The molecule has 7 heteroatoms. The lowest BCUT2D eigenvalue weighted by molar-refractivity contribution is -0.119. The monoisotopic (exact) mass is 337 g/mol. The predicted molar refractivity (Wildman–Crippen MR) is 91.3 cm³/mol. The summed E-state index contributed by atoms with van der Waals surface area (Å²) in [4.78, 5) is 14.3. The van der Waals surface area contributed by atoms with E-state index in [4.69, 9.17) is 5.73 Å². The Morgan fingerprint density at radius 2 is 1.96 bits per heavy atom. The highest BCUT2D eigenvalue weighted by atomic mass is 32.2. The number of amides is 1. The van der Waals surface area contributed by atoms with Gasteiger partial charge in [-0.1, -0.05) is 6.07 Å². The minimum atomic E-state index is -2.89. The van der Waals surface area contributed by atoms with Crippen LogP contribution in [0.3, 0.4) is 0 Å². The summed E-state index contributed by atoms with van der Waals surface area (Å²) < 4.78 is 23.0. The van der Waals surface area contributed by atoms with Crippen molar-refractivity contribution in [3.8, 4) is 0 Å². The van der Waals surface area contributed by atoms with E-state index in [2.05, 4.69) is 5.32 Å². The third-order valence-electron chi connectivity index (χ3n) is 4.67. The van der Waals surface area contributed by atoms with Gasteiger partial charge in [-0.15, -0.1) is 0 Å². The van der Waals surface area contributed by atoms with E-state index < -0.39 is 9.84 Å². The third kappa shape index (κ3) is 4.03. The lowest BCUT2D eigenvalue weighted by atomic mass is 10.1. The van der Waals surface area contributed by atoms with Crippen molar-refractivity contribution in [2.24, 2.45) is 11.7 Å². The molecule has 1 aromatic rings. The molecule has 0 aromatic heterocycles. The molecule has 23 heavy (non-hydrogen) atoms. The summed E-state index contributed by atoms with van der Waals surface area (Å²) in [5.74, 6) is 0.387. The van der Waals surface area contributed by atoms with Gasteiger partial charge in [0, 0.05) is 36.4 Å². The molecule has 1 saturated heterocycles. The van der Waals surface area contributed by atoms with Gasteiger partial charge in [0.15, 0.2) is 9.84 Å². The number of hydrogen-bond acceptors (Lipinski definition) is 5. The van der Waals surface area contributed by atoms with Crippen molar-refractivity contribution in [3.05, 3.63) is 24.3 Å². The van der Waals surface area contributed by atoms with E-state index in [1.54, 1.807) is 0 Å². The van der Waals surface area contributed by atoms with Gasteiger partial charge in [-0.2, -0.15) is 0 Å². The molecular formula is C16H23N3O3S. The minimum absolute atomic E-state index is 0.00575. The van der Waals surface area contributed by atoms with Gasteiger partial charge in [0.2, 0.25) is 5.91 Å². The predicted octanol–water partition coefficient (Wildman–Crippen LogP) is 0.987. The Hall–Kier alpha value is -1.60. The zero-order valence-corrected chi connectivity index (χ0v) is 13.9. The normalized spacial score (nSPS) is 26.9. The fraction of sp³-hybridized carbons (Fsp3) is 0.562. The number of carbonyl (C=O) groups excluding carboxylic acids is 1. The van der Waals surface area contributed by atoms with Crippen LogP contribution < -0.4 is 16.0 Å². The fourth-order valence-electron chi connectivity index (χ4n) is 3.25. The molecule has 126 valence electrons. The first-order chi connectivity index (χ1) is 10.9. The van der Waals surface area contributed by atoms with Crippen LogP contribution in [0.15, 0.2) is 24.3 Å². The summed E-state index contributed by atoms with van der Waals surface area (Å²) in [5.41, 5.74) is 7.56. The summed E-state index contributed by atoms with van der Waals surface area (Å²) in [6, 6.07) is 7.72. The summed E-state index contributed by atoms with van der Waals surface area (Å²) in [6.07, 6.45) is 2.49. The van der Waals surface area contributed by atoms with Gasteiger partial charge >= 0.3 is 0 Å². The topological polar surface area (TPSA) is 92.5 Å². The van der Waals surface area contributed by atoms with Crippen LogP contribution in [0.2, 0.25) is 0 Å². The van der Waals surface area contributed by atoms with Crippen LogP contribution in [0, 0.1) is 5.92 Å². The van der Waals surface area contributed by atoms with Crippen molar-refractivity contribution in [2.75, 3.05) is 34.8 Å². The first-order valence-corrected chi connectivity index (χ1v) is 9.87. The molecular weight excluding hydrogens is 314 g/mol. The summed E-state index contributed by atoms with van der Waals surface area (Å²) in [7, 11) is -2.89. The Labute approximate surface area is 137 Å². The third-order valence-corrected chi connectivity index (χ3v) is 6.28. The maximum absolute atomic E-state index is 12.3. The molecule has 1 saturated carbocycles. The standard InChI is InChI=1S/C16H23N3O3S/c17-13-5-4-12(10-13)16(20)18-14-2-1-3-15(11-14)19-6-8-23(21,22)9-7-19/h1-3,11-13H,4-10,17H2,(H,18,20). The van der Waals surface area contributed by atoms with Gasteiger partial charge in [-0.25, -0.2) is 8.42 Å². The van der Waals surface area contributed by atoms with Crippen molar-refractivity contribution in [3.63, 3.8) is 0 Å². The number of hydrogen-bond donors (Lipinski definition) is 2. The van der Waals surface area contributed by atoms with Crippen LogP contribution in [-0.4, -0.2) is 45.0 Å². The van der Waals surface area contributed by atoms with E-state index in [1.165, 1.54) is 0 Å². The van der Waals surface area contributed by atoms with Gasteiger partial charge in [-0.3, -0.25) is 4.79 Å². The summed E-state index contributed by atoms with van der Waals surface area (Å²) in [6.45, 7) is 0.994. The highest BCUT2D eigenvalue weighted by molar-refractivity contribution is 7.91. The molecule has 1 aliphatic heterocycles. The molecule has 1 amide bonds. The molecule has 2 fully saturated rings. The molecule has 0 bridgehead atoms. The highest BCUT2D eigenvalue weighted by Gasteiger charge is 2.28. The molecule has 6 nitrogen and oxygen atoms in total. The van der Waals surface area contributed by atoms with Crippen LogP contribution in [0.5, 0.6) is 0 Å². The average molecular weight is 337 g/mol. The van der Waals surface area contributed by atoms with Gasteiger partial charge in [0.25, 0.3) is 0 Å². The molecule has 2 aliphatic rings. The van der Waals surface area contributed by atoms with Crippen LogP contribution in [0.4, 0.5) is 11.4 Å². The van der Waals surface area contributed by atoms with Gasteiger partial charge in [-0.05, 0) is 37.5 Å². The van der Waals surface area contributed by atoms with Gasteiger partial charge in [0.05, 0.1) is 11.5 Å². The maximum Gasteiger partial charge on any atom is 0.227 e. The molecule has 0 spiro atoms. The van der Waals surface area contributed by atoms with E-state index in [9.17, 15) is 13.2 Å². The number of benzene rings is 1. The minimum Gasteiger partial charge on any atom is -0.369 e. The second-order valence-corrected chi connectivity index (χ2v) is 8.75. The van der Waals surface area contributed by atoms with Crippen molar-refractivity contribution in [1.29, 1.82) is 0 Å². The fourth-order valence-corrected chi connectivity index (χ4v) is 4.45. The number of nitrogens with two attached hydrogens (primary N) is 1. The molecule has 3 N–H and O–H groups in total. The number of rotatable bonds is 3. The Kier molecular flexibility index (Phi) is 4.59. The van der Waals surface area contributed by atoms with Gasteiger partial charge < -0.3 is 16.0 Å². The molecule has 3 rings (SSSR count). The lowest BCUT2D eigenvalue weighted by Crippen LogP contribution is -2.40. The molecule has 2 atom stereocenters. The van der Waals surface area contributed by atoms with E-state index in [1.807, 2.05) is 29.2 Å². The first kappa shape index (κ1) is 16.3. The van der Waals surface area contributed by atoms with E-state index in [-0.39, 0.29) is 29.4 Å². The average Bonchev–Trinajstić information content (AvgIpc) is 2.94. The van der Waals surface area contributed by atoms with Crippen LogP contribution in [-0.2, 0) is 14.6 Å². The first-order valence-electron chi connectivity index (χ1n) is 8.05. The molecule has 2 unspecified atom stereocenters. The zero-order chi connectivity index (χ0) is 16.4. The quantitative estimate of drug-likeness (QED) is 0.858. The highest BCUT2D eigenvalue weighted by Crippen LogP contribution is 2.27. The van der Waals surface area contributed by atoms with Gasteiger partial charge in [0.1, 0.15) is 0 Å². The van der Waals surface area contributed by atoms with E-state index in [0.717, 1.165) is 30.6 Å². The number of anilines is 2. The van der Waals surface area contributed by atoms with Crippen molar-refractivity contribution < 1.29 is 13.2 Å². The van der Waals surface area contributed by atoms with Crippen molar-refractivity contribution >= 4 is 27.1 Å². The Balaban J connectivity index is 1.64. The smallest absolute Gasteiger partial charge is 0.227 e. The Bertz CT molecular complexity index is 676. The second-order valence-electron chi connectivity index (χ2n) is 6.45. The van der Waals surface area contributed by atoms with Crippen LogP contribution in [0.1, 0.15) is 19.3 Å². The second kappa shape index (κ2) is 6.49. The molecule has 0 radical (unpaired) electrons. The van der Waals surface area contributed by atoms with E-state index >= 15 is 0 Å². The Morgan fingerprint density at radius 3 is 2.61 bits per heavy atom. The van der Waals surface area contributed by atoms with Crippen molar-refractivity contribution in [1.82, 2.24) is 0 Å². The maximum atomic E-state index is 12.3. The molecule has 1 aromatic carbocycles. The lowest BCUT2D eigenvalue weighted by Gasteiger charge is -2.29. The summed E-state index contributed by atoms with van der Waals surface area (Å²) >= 11 is 0. The SMILES string of the molecule is NC1CCC(C(=O)Nc2cccc(N3CCS(=O)(=O)CC3)c2)C1. The number of nitrogens with one attached hydrogen (secondary N) is 1. The largest absolute Gasteiger partial charge is 0.369 e. The van der Waals surface area contributed by atoms with Crippen LogP contribution in [0.25, 0.3) is 0 Å². The van der Waals surface area contributed by atoms with Crippen LogP contribution >= 0.6 is 0 Å². The summed E-state index contributed by atoms with van der Waals surface area (Å²) in [5, 5.41) is 2.96.